The topological polar surface area (TPSA) is 104 Å². The van der Waals surface area contributed by atoms with Crippen LogP contribution in [0.3, 0.4) is 0 Å². The van der Waals surface area contributed by atoms with Gasteiger partial charge in [0.1, 0.15) is 0 Å². The third-order valence-corrected chi connectivity index (χ3v) is 3.90. The molecule has 1 aromatic carbocycles. The summed E-state index contributed by atoms with van der Waals surface area (Å²) in [7, 11) is 0. The largest absolute Gasteiger partial charge is 0.355 e. The normalized spacial score (nSPS) is 10.6. The summed E-state index contributed by atoms with van der Waals surface area (Å²) in [6.45, 7) is 4.62. The fraction of sp³-hybridized carbons (Fsp3) is 0.412. The van der Waals surface area contributed by atoms with Gasteiger partial charge in [-0.3, -0.25) is 23.9 Å². The molecule has 2 amide bonds. The van der Waals surface area contributed by atoms with Gasteiger partial charge in [0.2, 0.25) is 11.8 Å². The molecule has 1 aromatic heterocycles. The van der Waals surface area contributed by atoms with E-state index in [1.165, 1.54) is 9.47 Å². The average molecular weight is 346 g/mol. The zero-order valence-corrected chi connectivity index (χ0v) is 14.4. The van der Waals surface area contributed by atoms with Gasteiger partial charge in [0.15, 0.2) is 0 Å². The molecule has 2 rings (SSSR count). The van der Waals surface area contributed by atoms with Gasteiger partial charge in [-0.1, -0.05) is 12.1 Å². The summed E-state index contributed by atoms with van der Waals surface area (Å²) in [4.78, 5) is 51.6. The molecule has 8 nitrogen and oxygen atoms in total. The fourth-order valence-corrected chi connectivity index (χ4v) is 2.63. The summed E-state index contributed by atoms with van der Waals surface area (Å²) in [5.41, 5.74) is -0.520. The first-order chi connectivity index (χ1) is 12.0. The molecule has 25 heavy (non-hydrogen) atoms. The third kappa shape index (κ3) is 4.34. The molecule has 0 saturated heterocycles. The maximum Gasteiger partial charge on any atom is 0.328 e. The van der Waals surface area contributed by atoms with E-state index in [2.05, 4.69) is 10.3 Å². The Hall–Kier alpha value is -2.90. The highest BCUT2D eigenvalue weighted by Gasteiger charge is 2.16. The highest BCUT2D eigenvalue weighted by atomic mass is 16.2. The standard InChI is InChI=1S/C17H22N4O4/c1-3-18-14(22)11-20(4-2)15(23)9-10-21-13-8-6-5-7-12(13)16(24)19-17(21)25/h5-8H,3-4,9-11H2,1-2H3,(H,18,22)(H,19,24,25). The molecule has 0 aliphatic rings. The minimum atomic E-state index is -0.553. The Bertz CT molecular complexity index is 884. The van der Waals surface area contributed by atoms with Crippen LogP contribution < -0.4 is 16.6 Å². The second-order valence-corrected chi connectivity index (χ2v) is 5.54. The number of nitrogens with one attached hydrogen (secondary N) is 2. The van der Waals surface area contributed by atoms with E-state index in [9.17, 15) is 19.2 Å². The molecule has 2 N–H and O–H groups in total. The van der Waals surface area contributed by atoms with Crippen molar-refractivity contribution in [3.63, 3.8) is 0 Å². The van der Waals surface area contributed by atoms with Crippen molar-refractivity contribution in [3.05, 3.63) is 45.1 Å². The lowest BCUT2D eigenvalue weighted by Crippen LogP contribution is -2.41. The van der Waals surface area contributed by atoms with Crippen molar-refractivity contribution in [2.75, 3.05) is 19.6 Å². The molecule has 8 heteroatoms. The van der Waals surface area contributed by atoms with Crippen molar-refractivity contribution < 1.29 is 9.59 Å². The summed E-state index contributed by atoms with van der Waals surface area (Å²) in [5.74, 6) is -0.444. The average Bonchev–Trinajstić information content (AvgIpc) is 2.59. The van der Waals surface area contributed by atoms with E-state index in [-0.39, 0.29) is 31.3 Å². The van der Waals surface area contributed by atoms with Crippen LogP contribution in [0.15, 0.2) is 33.9 Å². The van der Waals surface area contributed by atoms with Crippen molar-refractivity contribution in [1.29, 1.82) is 0 Å². The zero-order chi connectivity index (χ0) is 18.4. The van der Waals surface area contributed by atoms with Gasteiger partial charge in [-0.15, -0.1) is 0 Å². The third-order valence-electron chi connectivity index (χ3n) is 3.90. The number of aromatic nitrogens is 2. The van der Waals surface area contributed by atoms with Crippen LogP contribution in [0.2, 0.25) is 0 Å². The first-order valence-corrected chi connectivity index (χ1v) is 8.24. The second-order valence-electron chi connectivity index (χ2n) is 5.54. The van der Waals surface area contributed by atoms with Crippen molar-refractivity contribution in [2.24, 2.45) is 0 Å². The smallest absolute Gasteiger partial charge is 0.328 e. The van der Waals surface area contributed by atoms with E-state index < -0.39 is 11.2 Å². The molecule has 0 aliphatic heterocycles. The van der Waals surface area contributed by atoms with E-state index in [4.69, 9.17) is 0 Å². The Labute approximate surface area is 144 Å². The first kappa shape index (κ1) is 18.4. The Balaban J connectivity index is 2.17. The van der Waals surface area contributed by atoms with Crippen LogP contribution >= 0.6 is 0 Å². The number of rotatable bonds is 7. The number of nitrogens with zero attached hydrogens (tertiary/aromatic N) is 2. The number of amides is 2. The highest BCUT2D eigenvalue weighted by molar-refractivity contribution is 5.85. The first-order valence-electron chi connectivity index (χ1n) is 8.24. The zero-order valence-electron chi connectivity index (χ0n) is 14.4. The van der Waals surface area contributed by atoms with Gasteiger partial charge in [0, 0.05) is 26.1 Å². The van der Waals surface area contributed by atoms with Crippen LogP contribution in [0, 0.1) is 0 Å². The molecule has 2 aromatic rings. The number of hydrogen-bond acceptors (Lipinski definition) is 4. The molecule has 1 heterocycles. The van der Waals surface area contributed by atoms with Crippen LogP contribution in [0.25, 0.3) is 10.9 Å². The number of likely N-dealkylation sites (N-methyl/N-ethyl adjacent to an activating group) is 2. The molecular formula is C17H22N4O4. The monoisotopic (exact) mass is 346 g/mol. The van der Waals surface area contributed by atoms with Gasteiger partial charge in [-0.2, -0.15) is 0 Å². The lowest BCUT2D eigenvalue weighted by atomic mass is 10.2. The van der Waals surface area contributed by atoms with Crippen LogP contribution in [-0.2, 0) is 16.1 Å². The molecule has 0 bridgehead atoms. The number of fused-ring (bicyclic) bond motifs is 1. The molecule has 0 radical (unpaired) electrons. The van der Waals surface area contributed by atoms with E-state index in [1.54, 1.807) is 31.2 Å². The predicted molar refractivity (Wildman–Crippen MR) is 94.4 cm³/mol. The number of H-pyrrole nitrogens is 1. The Morgan fingerprint density at radius 3 is 2.60 bits per heavy atom. The Kier molecular flexibility index (Phi) is 6.10. The van der Waals surface area contributed by atoms with Crippen LogP contribution in [-0.4, -0.2) is 45.9 Å². The number of carbonyl (C=O) groups is 2. The van der Waals surface area contributed by atoms with E-state index in [1.807, 2.05) is 6.92 Å². The minimum Gasteiger partial charge on any atom is -0.355 e. The maximum absolute atomic E-state index is 12.4. The van der Waals surface area contributed by atoms with Gasteiger partial charge in [-0.05, 0) is 26.0 Å². The highest BCUT2D eigenvalue weighted by Crippen LogP contribution is 2.07. The molecule has 0 atom stereocenters. The maximum atomic E-state index is 12.4. The number of aromatic amines is 1. The van der Waals surface area contributed by atoms with Crippen LogP contribution in [0.1, 0.15) is 20.3 Å². The van der Waals surface area contributed by atoms with Gasteiger partial charge in [0.05, 0.1) is 17.4 Å². The van der Waals surface area contributed by atoms with E-state index >= 15 is 0 Å². The Morgan fingerprint density at radius 2 is 1.92 bits per heavy atom. The molecule has 134 valence electrons. The summed E-state index contributed by atoms with van der Waals surface area (Å²) in [6, 6.07) is 6.73. The lowest BCUT2D eigenvalue weighted by Gasteiger charge is -2.20. The van der Waals surface area contributed by atoms with Gasteiger partial charge in [0.25, 0.3) is 5.56 Å². The van der Waals surface area contributed by atoms with E-state index in [0.29, 0.717) is 24.0 Å². The van der Waals surface area contributed by atoms with Crippen molar-refractivity contribution in [3.8, 4) is 0 Å². The summed E-state index contributed by atoms with van der Waals surface area (Å²) in [6.07, 6.45) is 0.0587. The molecule has 0 unspecified atom stereocenters. The molecule has 0 spiro atoms. The van der Waals surface area contributed by atoms with Gasteiger partial charge in [-0.25, -0.2) is 4.79 Å². The number of para-hydroxylation sites is 1. The van der Waals surface area contributed by atoms with Gasteiger partial charge >= 0.3 is 5.69 Å². The molecule has 0 saturated carbocycles. The summed E-state index contributed by atoms with van der Waals surface area (Å²) >= 11 is 0. The lowest BCUT2D eigenvalue weighted by molar-refractivity contribution is -0.136. The van der Waals surface area contributed by atoms with E-state index in [0.717, 1.165) is 0 Å². The molecule has 0 fully saturated rings. The predicted octanol–water partition coefficient (Wildman–Crippen LogP) is 0.0645. The number of hydrogen-bond donors (Lipinski definition) is 2. The van der Waals surface area contributed by atoms with Crippen molar-refractivity contribution in [2.45, 2.75) is 26.8 Å². The van der Waals surface area contributed by atoms with Crippen molar-refractivity contribution in [1.82, 2.24) is 19.8 Å². The SMILES string of the molecule is CCNC(=O)CN(CC)C(=O)CCn1c(=O)[nH]c(=O)c2ccccc21. The number of benzene rings is 1. The van der Waals surface area contributed by atoms with Gasteiger partial charge < -0.3 is 10.2 Å². The van der Waals surface area contributed by atoms with Crippen LogP contribution in [0.4, 0.5) is 0 Å². The second kappa shape index (κ2) is 8.27. The molecule has 0 aliphatic carbocycles. The number of aryl methyl sites for hydroxylation is 1. The van der Waals surface area contributed by atoms with Crippen LogP contribution in [0.5, 0.6) is 0 Å². The Morgan fingerprint density at radius 1 is 1.20 bits per heavy atom. The molecular weight excluding hydrogens is 324 g/mol. The number of carbonyl (C=O) groups excluding carboxylic acids is 2. The quantitative estimate of drug-likeness (QED) is 0.740. The summed E-state index contributed by atoms with van der Waals surface area (Å²) < 4.78 is 1.37. The van der Waals surface area contributed by atoms with Crippen molar-refractivity contribution >= 4 is 22.7 Å². The minimum absolute atomic E-state index is 0.00948. The fourth-order valence-electron chi connectivity index (χ4n) is 2.63. The summed E-state index contributed by atoms with van der Waals surface area (Å²) in [5, 5.41) is 3.04.